The van der Waals surface area contributed by atoms with E-state index in [-0.39, 0.29) is 11.8 Å². The molecule has 1 aliphatic carbocycles. The van der Waals surface area contributed by atoms with E-state index >= 15 is 0 Å². The lowest BCUT2D eigenvalue weighted by Crippen LogP contribution is -2.47. The summed E-state index contributed by atoms with van der Waals surface area (Å²) in [5, 5.41) is 13.5. The molecule has 3 nitrogen and oxygen atoms in total. The van der Waals surface area contributed by atoms with Crippen LogP contribution in [-0.4, -0.2) is 36.2 Å². The molecule has 1 saturated carbocycles. The number of phenols is 1. The molecule has 2 N–H and O–H groups in total. The Morgan fingerprint density at radius 3 is 2.60 bits per heavy atom. The Balaban J connectivity index is 1.96. The lowest BCUT2D eigenvalue weighted by Gasteiger charge is -2.43. The van der Waals surface area contributed by atoms with Crippen LogP contribution in [0.5, 0.6) is 5.75 Å². The average molecular weight is 343 g/mol. The van der Waals surface area contributed by atoms with Crippen molar-refractivity contribution in [2.75, 3.05) is 26.2 Å². The van der Waals surface area contributed by atoms with Gasteiger partial charge in [0.2, 0.25) is 0 Å². The first-order valence-corrected chi connectivity index (χ1v) is 8.09. The minimum atomic E-state index is -0.533. The van der Waals surface area contributed by atoms with Crippen molar-refractivity contribution in [3.05, 3.63) is 28.0 Å². The Bertz CT molecular complexity index is 487. The van der Waals surface area contributed by atoms with Crippen LogP contribution in [0.2, 0.25) is 0 Å². The highest BCUT2D eigenvalue weighted by Crippen LogP contribution is 2.45. The Morgan fingerprint density at radius 2 is 2.00 bits per heavy atom. The van der Waals surface area contributed by atoms with Crippen LogP contribution in [0.3, 0.4) is 0 Å². The molecule has 2 aliphatic rings. The summed E-state index contributed by atoms with van der Waals surface area (Å²) in [5.41, 5.74) is 0.739. The number of hydrogen-bond donors (Lipinski definition) is 2. The monoisotopic (exact) mass is 342 g/mol. The number of benzene rings is 1. The number of halogens is 2. The third kappa shape index (κ3) is 2.71. The van der Waals surface area contributed by atoms with E-state index in [0.717, 1.165) is 31.7 Å². The van der Waals surface area contributed by atoms with Crippen molar-refractivity contribution < 1.29 is 9.50 Å². The molecule has 5 heteroatoms. The first kappa shape index (κ1) is 14.3. The molecule has 110 valence electrons. The number of phenolic OH excluding ortho intramolecular Hbond substituents is 1. The van der Waals surface area contributed by atoms with Crippen LogP contribution < -0.4 is 5.32 Å². The van der Waals surface area contributed by atoms with Crippen molar-refractivity contribution in [1.29, 1.82) is 0 Å². The van der Waals surface area contributed by atoms with Gasteiger partial charge in [0.15, 0.2) is 11.6 Å². The second kappa shape index (κ2) is 6.00. The van der Waals surface area contributed by atoms with Crippen molar-refractivity contribution >= 4 is 15.9 Å². The first-order chi connectivity index (χ1) is 9.66. The van der Waals surface area contributed by atoms with Crippen molar-refractivity contribution in [2.45, 2.75) is 25.3 Å². The zero-order valence-electron chi connectivity index (χ0n) is 11.4. The van der Waals surface area contributed by atoms with Crippen LogP contribution in [0.4, 0.5) is 4.39 Å². The molecule has 1 saturated heterocycles. The van der Waals surface area contributed by atoms with Crippen molar-refractivity contribution in [3.8, 4) is 5.75 Å². The summed E-state index contributed by atoms with van der Waals surface area (Å²) >= 11 is 3.35. The molecule has 0 bridgehead atoms. The summed E-state index contributed by atoms with van der Waals surface area (Å²) in [6, 6.07) is 3.34. The maximum atomic E-state index is 13.8. The summed E-state index contributed by atoms with van der Waals surface area (Å²) in [4.78, 5) is 2.39. The van der Waals surface area contributed by atoms with Crippen molar-refractivity contribution in [1.82, 2.24) is 10.2 Å². The van der Waals surface area contributed by atoms with E-state index in [9.17, 15) is 9.50 Å². The molecule has 3 rings (SSSR count). The predicted molar refractivity (Wildman–Crippen MR) is 80.3 cm³/mol. The molecule has 0 aromatic heterocycles. The zero-order chi connectivity index (χ0) is 14.1. The maximum Gasteiger partial charge on any atom is 0.166 e. The van der Waals surface area contributed by atoms with Crippen LogP contribution in [0, 0.1) is 11.7 Å². The standard InChI is InChI=1S/C15H20BrFN2O/c16-11-8-12(15(20)13(17)9-11)14(10-2-1-3-10)19-6-4-18-5-7-19/h8-10,14,18,20H,1-7H2/t14-/m1/s1. The second-order valence-corrected chi connectivity index (χ2v) is 6.66. The zero-order valence-corrected chi connectivity index (χ0v) is 13.0. The summed E-state index contributed by atoms with van der Waals surface area (Å²) < 4.78 is 14.5. The minimum absolute atomic E-state index is 0.137. The van der Waals surface area contributed by atoms with Gasteiger partial charge in [-0.2, -0.15) is 0 Å². The lowest BCUT2D eigenvalue weighted by molar-refractivity contribution is 0.0815. The molecule has 1 aromatic rings. The Kier molecular flexibility index (Phi) is 4.29. The summed E-state index contributed by atoms with van der Waals surface area (Å²) in [6.45, 7) is 3.82. The molecule has 1 atom stereocenters. The van der Waals surface area contributed by atoms with Gasteiger partial charge in [0, 0.05) is 42.3 Å². The molecular weight excluding hydrogens is 323 g/mol. The molecule has 1 aliphatic heterocycles. The number of aromatic hydroxyl groups is 1. The van der Waals surface area contributed by atoms with Crippen molar-refractivity contribution in [2.24, 2.45) is 5.92 Å². The smallest absolute Gasteiger partial charge is 0.166 e. The van der Waals surface area contributed by atoms with Crippen LogP contribution in [0.15, 0.2) is 16.6 Å². The lowest BCUT2D eigenvalue weighted by atomic mass is 9.76. The van der Waals surface area contributed by atoms with E-state index in [2.05, 4.69) is 26.1 Å². The summed E-state index contributed by atoms with van der Waals surface area (Å²) in [7, 11) is 0. The van der Waals surface area contributed by atoms with E-state index in [1.807, 2.05) is 6.07 Å². The largest absolute Gasteiger partial charge is 0.505 e. The predicted octanol–water partition coefficient (Wildman–Crippen LogP) is 3.04. The molecule has 1 aromatic carbocycles. The van der Waals surface area contributed by atoms with Gasteiger partial charge in [-0.15, -0.1) is 0 Å². The number of rotatable bonds is 3. The summed E-state index contributed by atoms with van der Waals surface area (Å²) in [5.74, 6) is -0.176. The van der Waals surface area contributed by atoms with E-state index < -0.39 is 5.82 Å². The quantitative estimate of drug-likeness (QED) is 0.886. The maximum absolute atomic E-state index is 13.8. The van der Waals surface area contributed by atoms with E-state index in [1.54, 1.807) is 0 Å². The number of nitrogens with zero attached hydrogens (tertiary/aromatic N) is 1. The highest BCUT2D eigenvalue weighted by Gasteiger charge is 2.35. The van der Waals surface area contributed by atoms with Crippen LogP contribution >= 0.6 is 15.9 Å². The second-order valence-electron chi connectivity index (χ2n) is 5.75. The molecule has 20 heavy (non-hydrogen) atoms. The van der Waals surface area contributed by atoms with Gasteiger partial charge in [-0.3, -0.25) is 4.90 Å². The Morgan fingerprint density at radius 1 is 1.30 bits per heavy atom. The molecular formula is C15H20BrFN2O. The minimum Gasteiger partial charge on any atom is -0.505 e. The van der Waals surface area contributed by atoms with E-state index in [1.165, 1.54) is 25.3 Å². The molecule has 0 amide bonds. The van der Waals surface area contributed by atoms with Crippen LogP contribution in [-0.2, 0) is 0 Å². The molecule has 2 fully saturated rings. The van der Waals surface area contributed by atoms with Gasteiger partial charge in [-0.25, -0.2) is 4.39 Å². The van der Waals surface area contributed by atoms with Gasteiger partial charge in [0.25, 0.3) is 0 Å². The fourth-order valence-electron chi connectivity index (χ4n) is 3.28. The normalized spacial score (nSPS) is 22.5. The van der Waals surface area contributed by atoms with E-state index in [0.29, 0.717) is 10.4 Å². The van der Waals surface area contributed by atoms with Crippen LogP contribution in [0.1, 0.15) is 30.9 Å². The Hall–Kier alpha value is -0.650. The SMILES string of the molecule is Oc1c(F)cc(Br)cc1[C@@H](C1CCC1)N1CCNCC1. The van der Waals surface area contributed by atoms with Gasteiger partial charge in [-0.05, 0) is 30.9 Å². The third-order valence-electron chi connectivity index (χ3n) is 4.52. The molecule has 1 heterocycles. The molecule has 0 spiro atoms. The third-order valence-corrected chi connectivity index (χ3v) is 4.98. The van der Waals surface area contributed by atoms with Gasteiger partial charge < -0.3 is 10.4 Å². The number of nitrogens with one attached hydrogen (secondary N) is 1. The number of piperazine rings is 1. The molecule has 0 unspecified atom stereocenters. The van der Waals surface area contributed by atoms with Crippen LogP contribution in [0.25, 0.3) is 0 Å². The molecule has 0 radical (unpaired) electrons. The van der Waals surface area contributed by atoms with Gasteiger partial charge in [-0.1, -0.05) is 22.4 Å². The van der Waals surface area contributed by atoms with Gasteiger partial charge >= 0.3 is 0 Å². The van der Waals surface area contributed by atoms with Gasteiger partial charge in [0.05, 0.1) is 0 Å². The fourth-order valence-corrected chi connectivity index (χ4v) is 3.72. The summed E-state index contributed by atoms with van der Waals surface area (Å²) in [6.07, 6.45) is 3.58. The fraction of sp³-hybridized carbons (Fsp3) is 0.600. The number of hydrogen-bond acceptors (Lipinski definition) is 3. The van der Waals surface area contributed by atoms with Crippen molar-refractivity contribution in [3.63, 3.8) is 0 Å². The topological polar surface area (TPSA) is 35.5 Å². The average Bonchev–Trinajstić information content (AvgIpc) is 2.39. The van der Waals surface area contributed by atoms with Gasteiger partial charge in [0.1, 0.15) is 0 Å². The highest BCUT2D eigenvalue weighted by molar-refractivity contribution is 9.10. The highest BCUT2D eigenvalue weighted by atomic mass is 79.9. The Labute approximate surface area is 127 Å². The first-order valence-electron chi connectivity index (χ1n) is 7.29. The van der Waals surface area contributed by atoms with E-state index in [4.69, 9.17) is 0 Å².